The van der Waals surface area contributed by atoms with Crippen LogP contribution in [-0.2, 0) is 41.1 Å². The normalized spacial score (nSPS) is 12.8. The predicted molar refractivity (Wildman–Crippen MR) is 207 cm³/mol. The van der Waals surface area contributed by atoms with Gasteiger partial charge in [-0.1, -0.05) is 0 Å². The van der Waals surface area contributed by atoms with Crippen molar-refractivity contribution < 1.29 is 50.4 Å². The number of hydrogen-bond acceptors (Lipinski definition) is 13. The van der Waals surface area contributed by atoms with Crippen LogP contribution in [0.2, 0.25) is 0 Å². The van der Waals surface area contributed by atoms with E-state index >= 15 is 0 Å². The molecule has 0 aliphatic rings. The summed E-state index contributed by atoms with van der Waals surface area (Å²) in [6, 6.07) is 4.69. The Balaban J connectivity index is 1.23. The van der Waals surface area contributed by atoms with Crippen molar-refractivity contribution in [1.29, 1.82) is 0 Å². The maximum Gasteiger partial charge on any atom is 0.323 e. The molecule has 2 aromatic heterocycles. The minimum Gasteiger partial charge on any atom is -0.494 e. The average molecular weight is 835 g/mol. The molecule has 2 atom stereocenters. The first-order valence-electron chi connectivity index (χ1n) is 17.6. The quantitative estimate of drug-likeness (QED) is 0.0341. The molecule has 0 saturated heterocycles. The molecule has 21 nitrogen and oxygen atoms in total. The van der Waals surface area contributed by atoms with Gasteiger partial charge in [0.2, 0.25) is 21.8 Å². The van der Waals surface area contributed by atoms with Crippen LogP contribution in [-0.4, -0.2) is 121 Å². The zero-order chi connectivity index (χ0) is 41.8. The van der Waals surface area contributed by atoms with Crippen molar-refractivity contribution in [2.75, 3.05) is 43.9 Å². The molecule has 23 heteroatoms. The van der Waals surface area contributed by atoms with Gasteiger partial charge in [0.1, 0.15) is 17.8 Å². The van der Waals surface area contributed by atoms with Crippen molar-refractivity contribution >= 4 is 60.7 Å². The lowest BCUT2D eigenvalue weighted by molar-refractivity contribution is -0.138. The summed E-state index contributed by atoms with van der Waals surface area (Å²) in [5.74, 6) is -3.21. The molecule has 4 aromatic rings. The molecule has 0 radical (unpaired) electrons. The highest BCUT2D eigenvalue weighted by Crippen LogP contribution is 2.26. The smallest absolute Gasteiger partial charge is 0.323 e. The number of carboxylic acids is 1. The van der Waals surface area contributed by atoms with Crippen LogP contribution in [0.25, 0.3) is 10.9 Å². The van der Waals surface area contributed by atoms with Crippen LogP contribution in [0.5, 0.6) is 5.75 Å². The summed E-state index contributed by atoms with van der Waals surface area (Å²) in [6.07, 6.45) is 6.09. The molecule has 2 aromatic carbocycles. The van der Waals surface area contributed by atoms with Crippen LogP contribution in [0.4, 0.5) is 5.95 Å². The Morgan fingerprint density at radius 2 is 1.70 bits per heavy atom. The summed E-state index contributed by atoms with van der Waals surface area (Å²) >= 11 is 0. The van der Waals surface area contributed by atoms with Crippen molar-refractivity contribution in [3.05, 3.63) is 65.6 Å². The van der Waals surface area contributed by atoms with Gasteiger partial charge >= 0.3 is 5.97 Å². The SMILES string of the molecule is Cc1cc(OCCCC(=O)NCCNC(=O)[C@@H](N)CS(=O)(=O)O)cc(C)c1S(=O)(=O)N[C@@H](CNC(=O)c1ccc2c(cnn2CCCNc2ncc[nH]2)c1)C(=O)O. The number of aryl methyl sites for hydroxylation is 3. The van der Waals surface area contributed by atoms with Gasteiger partial charge in [-0.3, -0.25) is 28.4 Å². The highest BCUT2D eigenvalue weighted by molar-refractivity contribution is 7.89. The van der Waals surface area contributed by atoms with E-state index in [0.717, 1.165) is 11.9 Å². The number of nitrogens with zero attached hydrogens (tertiary/aromatic N) is 3. The van der Waals surface area contributed by atoms with E-state index in [4.69, 9.17) is 15.0 Å². The van der Waals surface area contributed by atoms with Gasteiger partial charge in [0.25, 0.3) is 16.0 Å². The van der Waals surface area contributed by atoms with Crippen LogP contribution in [0.15, 0.2) is 53.8 Å². The number of anilines is 1. The fourth-order valence-corrected chi connectivity index (χ4v) is 7.92. The van der Waals surface area contributed by atoms with E-state index in [9.17, 15) is 41.1 Å². The van der Waals surface area contributed by atoms with Gasteiger partial charge < -0.3 is 41.8 Å². The highest BCUT2D eigenvalue weighted by atomic mass is 32.2. The third kappa shape index (κ3) is 13.5. The Kier molecular flexibility index (Phi) is 15.5. The lowest BCUT2D eigenvalue weighted by Gasteiger charge is -2.19. The number of carbonyl (C=O) groups is 4. The number of imidazole rings is 1. The molecule has 10 N–H and O–H groups in total. The second kappa shape index (κ2) is 20.0. The van der Waals surface area contributed by atoms with Crippen molar-refractivity contribution in [2.45, 2.75) is 56.6 Å². The Morgan fingerprint density at radius 3 is 2.37 bits per heavy atom. The number of carbonyl (C=O) groups excluding carboxylic acids is 3. The fraction of sp³-hybridized carbons (Fsp3) is 0.412. The molecule has 0 saturated carbocycles. The number of nitrogens with two attached hydrogens (primary N) is 1. The Morgan fingerprint density at radius 1 is 0.982 bits per heavy atom. The Hall–Kier alpha value is -5.62. The van der Waals surface area contributed by atoms with E-state index in [1.54, 1.807) is 41.5 Å². The number of amides is 3. The van der Waals surface area contributed by atoms with E-state index in [0.29, 0.717) is 30.2 Å². The van der Waals surface area contributed by atoms with E-state index in [2.05, 4.69) is 41.1 Å². The molecule has 0 aliphatic carbocycles. The van der Waals surface area contributed by atoms with E-state index < -0.39 is 62.3 Å². The van der Waals surface area contributed by atoms with Crippen LogP contribution >= 0.6 is 0 Å². The van der Waals surface area contributed by atoms with Gasteiger partial charge in [-0.2, -0.15) is 18.2 Å². The molecule has 4 rings (SSSR count). The molecule has 0 unspecified atom stereocenters. The number of aliphatic carboxylic acids is 1. The first kappa shape index (κ1) is 44.1. The monoisotopic (exact) mass is 834 g/mol. The number of nitrogens with one attached hydrogen (secondary N) is 6. The summed E-state index contributed by atoms with van der Waals surface area (Å²) < 4.78 is 67.0. The number of carboxylic acid groups (broad SMARTS) is 1. The average Bonchev–Trinajstić information content (AvgIpc) is 3.80. The number of aromatic amines is 1. The van der Waals surface area contributed by atoms with Crippen molar-refractivity contribution in [3.8, 4) is 5.75 Å². The minimum atomic E-state index is -4.42. The molecule has 0 bridgehead atoms. The number of hydrogen-bond donors (Lipinski definition) is 9. The second-order valence-corrected chi connectivity index (χ2v) is 16.1. The number of sulfonamides is 1. The predicted octanol–water partition coefficient (Wildman–Crippen LogP) is -0.354. The van der Waals surface area contributed by atoms with Gasteiger partial charge in [0.15, 0.2) is 5.95 Å². The van der Waals surface area contributed by atoms with Gasteiger partial charge in [-0.15, -0.1) is 0 Å². The lowest BCUT2D eigenvalue weighted by Crippen LogP contribution is -2.48. The molecular formula is C34H46N10O11S2. The fourth-order valence-electron chi connectivity index (χ4n) is 5.68. The minimum absolute atomic E-state index is 0.0245. The van der Waals surface area contributed by atoms with Crippen molar-refractivity contribution in [3.63, 3.8) is 0 Å². The number of fused-ring (bicyclic) bond motifs is 1. The maximum atomic E-state index is 13.4. The maximum absolute atomic E-state index is 13.4. The third-order valence-corrected chi connectivity index (χ3v) is 10.9. The molecular weight excluding hydrogens is 789 g/mol. The summed E-state index contributed by atoms with van der Waals surface area (Å²) in [7, 11) is -8.81. The number of H-pyrrole nitrogens is 1. The first-order valence-corrected chi connectivity index (χ1v) is 20.7. The van der Waals surface area contributed by atoms with Crippen LogP contribution < -0.4 is 36.5 Å². The van der Waals surface area contributed by atoms with E-state index in [-0.39, 0.29) is 60.0 Å². The second-order valence-electron chi connectivity index (χ2n) is 12.9. The summed E-state index contributed by atoms with van der Waals surface area (Å²) in [4.78, 5) is 55.9. The van der Waals surface area contributed by atoms with Gasteiger partial charge in [-0.05, 0) is 68.1 Å². The zero-order valence-electron chi connectivity index (χ0n) is 31.1. The van der Waals surface area contributed by atoms with Crippen molar-refractivity contribution in [2.24, 2.45) is 5.73 Å². The number of aromatic nitrogens is 4. The Bertz CT molecular complexity index is 2240. The first-order chi connectivity index (χ1) is 26.9. The molecule has 3 amide bonds. The number of rotatable bonds is 23. The third-order valence-electron chi connectivity index (χ3n) is 8.30. The summed E-state index contributed by atoms with van der Waals surface area (Å²) in [5, 5.41) is 25.5. The van der Waals surface area contributed by atoms with Crippen LogP contribution in [0.3, 0.4) is 0 Å². The van der Waals surface area contributed by atoms with Crippen molar-refractivity contribution in [1.82, 2.24) is 40.4 Å². The van der Waals surface area contributed by atoms with E-state index in [1.807, 2.05) is 0 Å². The summed E-state index contributed by atoms with van der Waals surface area (Å²) in [5.41, 5.74) is 6.97. The Labute approximate surface area is 328 Å². The zero-order valence-corrected chi connectivity index (χ0v) is 32.8. The lowest BCUT2D eigenvalue weighted by atomic mass is 10.1. The molecule has 57 heavy (non-hydrogen) atoms. The largest absolute Gasteiger partial charge is 0.494 e. The van der Waals surface area contributed by atoms with Crippen LogP contribution in [0.1, 0.15) is 40.7 Å². The molecule has 2 heterocycles. The number of benzene rings is 2. The standard InChI is InChI=1S/C34H46N10O11S2/c1-21-15-25(55-14-3-5-29(45)36-9-10-37-32(47)26(35)20-56(50,51)52)16-22(2)30(21)57(53,54)43-27(33(48)49)19-41-31(46)23-6-7-28-24(17-23)18-42-44(28)13-4-8-38-34-39-11-12-40-34/h6-7,11-12,15-18,26-27,43H,3-5,8-10,13-14,19-20,35H2,1-2H3,(H,36,45)(H,37,47)(H,41,46)(H,48,49)(H2,38,39,40)(H,50,51,52)/t26-,27-/m0/s1. The molecule has 0 fully saturated rings. The number of ether oxygens (including phenoxy) is 1. The topological polar surface area (TPSA) is 319 Å². The molecule has 0 aliphatic heterocycles. The van der Waals surface area contributed by atoms with Gasteiger partial charge in [0.05, 0.1) is 29.0 Å². The van der Waals surface area contributed by atoms with Gasteiger partial charge in [-0.25, -0.2) is 13.4 Å². The molecule has 310 valence electrons. The molecule has 0 spiro atoms. The van der Waals surface area contributed by atoms with Crippen LogP contribution in [0, 0.1) is 13.8 Å². The van der Waals surface area contributed by atoms with Gasteiger partial charge in [0, 0.05) is 62.5 Å². The van der Waals surface area contributed by atoms with E-state index in [1.165, 1.54) is 26.0 Å². The highest BCUT2D eigenvalue weighted by Gasteiger charge is 2.29. The summed E-state index contributed by atoms with van der Waals surface area (Å²) in [6.45, 7) is 3.87.